The maximum Gasteiger partial charge on any atom is 0.105 e. The second kappa shape index (κ2) is 7.51. The average molecular weight is 510 g/mol. The first-order chi connectivity index (χ1) is 9.24. The van der Waals surface area contributed by atoms with Crippen molar-refractivity contribution >= 4 is 22.9 Å². The van der Waals surface area contributed by atoms with E-state index in [1.54, 1.807) is 24.3 Å². The van der Waals surface area contributed by atoms with Gasteiger partial charge in [0, 0.05) is 27.4 Å². The number of imidazole rings is 1. The maximum atomic E-state index is 8.93. The molecule has 0 aliphatic rings. The second-order valence-corrected chi connectivity index (χ2v) is 4.16. The van der Waals surface area contributed by atoms with E-state index in [2.05, 4.69) is 9.97 Å². The standard InChI is InChI=1S/C14H12N4S.Am/c1-18(14(19)13-16-9-10-17-13)12(7-8-15)11-5-3-2-4-6-11;/h2-7,9-10H,1H3,(H,16,17,19);/p-1/b12-7-;. The maximum absolute atomic E-state index is 8.93. The van der Waals surface area contributed by atoms with Crippen molar-refractivity contribution in [2.45, 2.75) is 0 Å². The van der Waals surface area contributed by atoms with Crippen LogP contribution in [-0.4, -0.2) is 21.9 Å². The molecule has 0 aliphatic carbocycles. The summed E-state index contributed by atoms with van der Waals surface area (Å²) >= 11 is 5.34. The van der Waals surface area contributed by atoms with Gasteiger partial charge in [0.15, 0.2) is 0 Å². The van der Waals surface area contributed by atoms with Gasteiger partial charge in [0.05, 0.1) is 11.8 Å². The molecular weight excluding hydrogens is 499 g/mol. The van der Waals surface area contributed by atoms with Crippen LogP contribution >= 0.6 is 12.2 Å². The molecule has 0 atom stereocenters. The van der Waals surface area contributed by atoms with Crippen molar-refractivity contribution in [3.05, 3.63) is 60.2 Å². The summed E-state index contributed by atoms with van der Waals surface area (Å²) in [7, 11) is 1.80. The van der Waals surface area contributed by atoms with E-state index in [0.717, 1.165) is 11.3 Å². The summed E-state index contributed by atoms with van der Waals surface area (Å²) in [6.45, 7) is 0. The number of allylic oxidation sites excluding steroid dienone is 1. The number of rotatable bonds is 3. The molecule has 4 nitrogen and oxygen atoms in total. The van der Waals surface area contributed by atoms with Gasteiger partial charge in [0.2, 0.25) is 0 Å². The molecule has 0 saturated carbocycles. The zero-order chi connectivity index (χ0) is 13.7. The molecule has 1 heterocycles. The van der Waals surface area contributed by atoms with E-state index in [9.17, 15) is 0 Å². The van der Waals surface area contributed by atoms with Crippen LogP contribution in [0.1, 0.15) is 11.4 Å². The first-order valence-corrected chi connectivity index (χ1v) is 6.02. The minimum Gasteiger partial charge on any atom is -0.441 e. The number of hydrogen-bond acceptors (Lipinski definition) is 3. The number of hydrogen-bond donors (Lipinski definition) is 0. The third-order valence-corrected chi connectivity index (χ3v) is 3.04. The molecule has 0 aliphatic heterocycles. The van der Waals surface area contributed by atoms with Crippen LogP contribution in [0.3, 0.4) is 0 Å². The van der Waals surface area contributed by atoms with Crippen LogP contribution in [0.2, 0.25) is 0 Å². The summed E-state index contributed by atoms with van der Waals surface area (Å²) in [6.07, 6.45) is 4.64. The van der Waals surface area contributed by atoms with Crippen LogP contribution in [0.25, 0.3) is 5.70 Å². The third kappa shape index (κ3) is 3.49. The Kier molecular flexibility index (Phi) is 6.01. The number of aromatic nitrogens is 2. The van der Waals surface area contributed by atoms with E-state index in [0.29, 0.717) is 10.8 Å². The fourth-order valence-electron chi connectivity index (χ4n) is 1.65. The van der Waals surface area contributed by atoms with Crippen LogP contribution in [-0.2, 0) is 0 Å². The summed E-state index contributed by atoms with van der Waals surface area (Å²) in [5, 5.41) is 8.93. The van der Waals surface area contributed by atoms with Crippen LogP contribution in [0.5, 0.6) is 0 Å². The zero-order valence-corrected chi connectivity index (χ0v) is 14.7. The molecule has 0 N–H and O–H groups in total. The fourth-order valence-corrected chi connectivity index (χ4v) is 1.86. The quantitative estimate of drug-likeness (QED) is 0.469. The zero-order valence-electron chi connectivity index (χ0n) is 10.7. The Balaban J connectivity index is 0.00000200. The summed E-state index contributed by atoms with van der Waals surface area (Å²) in [5.74, 6) is 0.484. The van der Waals surface area contributed by atoms with Gasteiger partial charge < -0.3 is 14.9 Å². The molecule has 6 heteroatoms. The van der Waals surface area contributed by atoms with Gasteiger partial charge in [-0.15, -0.1) is 0 Å². The van der Waals surface area contributed by atoms with E-state index in [-0.39, 0.29) is 14.3 Å². The summed E-state index contributed by atoms with van der Waals surface area (Å²) < 4.78 is 0. The largest absolute Gasteiger partial charge is 0.441 e. The predicted molar refractivity (Wildman–Crippen MR) is 77.1 cm³/mol. The SMILES string of the molecule is CN(C(=S)c1ncc[n-]1)/C(=C\C#N)c1ccccc1.[Am]. The van der Waals surface area contributed by atoms with Gasteiger partial charge in [0.25, 0.3) is 0 Å². The number of thiocarbonyl (C=S) groups is 1. The first-order valence-electron chi connectivity index (χ1n) is 5.61. The van der Waals surface area contributed by atoms with E-state index in [4.69, 9.17) is 17.5 Å². The Morgan fingerprint density at radius 3 is 2.65 bits per heavy atom. The Bertz CT molecular complexity index is 629. The minimum atomic E-state index is 0. The van der Waals surface area contributed by atoms with Gasteiger partial charge in [-0.2, -0.15) is 5.26 Å². The number of nitrogens with zero attached hydrogens (tertiary/aromatic N) is 4. The summed E-state index contributed by atoms with van der Waals surface area (Å²) in [6, 6.07) is 11.6. The molecule has 0 spiro atoms. The molecule has 20 heavy (non-hydrogen) atoms. The van der Waals surface area contributed by atoms with E-state index in [1.165, 1.54) is 6.08 Å². The number of nitriles is 1. The molecule has 0 bridgehead atoms. The van der Waals surface area contributed by atoms with Crippen molar-refractivity contribution in [3.8, 4) is 6.07 Å². The summed E-state index contributed by atoms with van der Waals surface area (Å²) in [5.41, 5.74) is 1.64. The van der Waals surface area contributed by atoms with Gasteiger partial charge in [-0.25, -0.2) is 0 Å². The molecule has 101 valence electrons. The fraction of sp³-hybridized carbons (Fsp3) is 0.0714. The molecule has 2 aromatic rings. The van der Waals surface area contributed by atoms with Crippen LogP contribution in [0.4, 0.5) is 0 Å². The second-order valence-electron chi connectivity index (χ2n) is 3.77. The van der Waals surface area contributed by atoms with E-state index >= 15 is 0 Å². The normalized spacial score (nSPS) is 10.3. The Hall–Kier alpha value is -2.06. The minimum absolute atomic E-state index is 0. The molecule has 1 aromatic carbocycles. The Labute approximate surface area is 131 Å². The van der Waals surface area contributed by atoms with E-state index < -0.39 is 0 Å². The molecule has 0 saturated heterocycles. The van der Waals surface area contributed by atoms with Crippen molar-refractivity contribution in [1.29, 1.82) is 5.26 Å². The van der Waals surface area contributed by atoms with Gasteiger partial charge in [0.1, 0.15) is 4.99 Å². The van der Waals surface area contributed by atoms with Crippen molar-refractivity contribution in [1.82, 2.24) is 14.9 Å². The Morgan fingerprint density at radius 2 is 2.10 bits per heavy atom. The van der Waals surface area contributed by atoms with Crippen molar-refractivity contribution in [3.63, 3.8) is 0 Å². The van der Waals surface area contributed by atoms with Gasteiger partial charge in [-0.1, -0.05) is 54.9 Å². The van der Waals surface area contributed by atoms with Gasteiger partial charge in [-0.3, -0.25) is 0 Å². The van der Waals surface area contributed by atoms with Gasteiger partial charge in [-0.05, 0) is 11.4 Å². The van der Waals surface area contributed by atoms with Crippen LogP contribution in [0.15, 0.2) is 48.8 Å². The van der Waals surface area contributed by atoms with E-state index in [1.807, 2.05) is 36.4 Å². The van der Waals surface area contributed by atoms with Crippen molar-refractivity contribution < 1.29 is 14.3 Å². The molecule has 0 unspecified atom stereocenters. The first kappa shape index (κ1) is 16.0. The summed E-state index contributed by atoms with van der Waals surface area (Å²) in [4.78, 5) is 10.4. The topological polar surface area (TPSA) is 54.0 Å². The number of benzene rings is 1. The van der Waals surface area contributed by atoms with Crippen LogP contribution < -0.4 is 4.98 Å². The van der Waals surface area contributed by atoms with Crippen LogP contribution in [0, 0.1) is 25.6 Å². The van der Waals surface area contributed by atoms with Crippen molar-refractivity contribution in [2.24, 2.45) is 0 Å². The van der Waals surface area contributed by atoms with Gasteiger partial charge >= 0.3 is 0 Å². The molecule has 0 fully saturated rings. The smallest absolute Gasteiger partial charge is 0.105 e. The van der Waals surface area contributed by atoms with Crippen molar-refractivity contribution in [2.75, 3.05) is 7.05 Å². The molecule has 0 amide bonds. The molecule has 2 rings (SSSR count). The third-order valence-electron chi connectivity index (χ3n) is 2.59. The predicted octanol–water partition coefficient (Wildman–Crippen LogP) is 2.21. The molecular formula is C14H11AmN4S-. The Morgan fingerprint density at radius 1 is 1.40 bits per heavy atom. The molecule has 1 radical (unpaired) electrons. The molecule has 1 aromatic heterocycles. The average Bonchev–Trinajstić information content (AvgIpc) is 2.98. The monoisotopic (exact) mass is 508 g/mol.